The molecule has 1 N–H and O–H groups in total. The first-order valence-corrected chi connectivity index (χ1v) is 7.01. The third-order valence-corrected chi connectivity index (χ3v) is 4.66. The number of nitrogens with zero attached hydrogens (tertiary/aromatic N) is 1. The van der Waals surface area contributed by atoms with E-state index in [-0.39, 0.29) is 12.8 Å². The van der Waals surface area contributed by atoms with E-state index in [1.807, 2.05) is 6.07 Å². The van der Waals surface area contributed by atoms with Crippen LogP contribution in [0.15, 0.2) is 11.4 Å². The van der Waals surface area contributed by atoms with E-state index in [2.05, 4.69) is 0 Å². The number of alkyl halides is 3. The third-order valence-electron chi connectivity index (χ3n) is 3.77. The van der Waals surface area contributed by atoms with Crippen LogP contribution in [-0.2, 0) is 6.42 Å². The highest BCUT2D eigenvalue weighted by Gasteiger charge is 2.58. The molecule has 1 saturated carbocycles. The summed E-state index contributed by atoms with van der Waals surface area (Å²) in [6.07, 6.45) is -3.16. The molecule has 1 aromatic rings. The Morgan fingerprint density at radius 3 is 2.79 bits per heavy atom. The molecule has 6 heteroatoms. The van der Waals surface area contributed by atoms with Crippen molar-refractivity contribution in [3.8, 4) is 6.07 Å². The van der Waals surface area contributed by atoms with Crippen LogP contribution >= 0.6 is 11.3 Å². The predicted octanol–water partition coefficient (Wildman–Crippen LogP) is 3.65. The zero-order valence-corrected chi connectivity index (χ0v) is 11.0. The molecule has 0 spiro atoms. The number of hydrogen-bond acceptors (Lipinski definition) is 3. The minimum atomic E-state index is -4.59. The second-order valence-corrected chi connectivity index (χ2v) is 5.91. The molecule has 19 heavy (non-hydrogen) atoms. The van der Waals surface area contributed by atoms with Crippen LogP contribution in [0.1, 0.15) is 36.1 Å². The summed E-state index contributed by atoms with van der Waals surface area (Å²) in [7, 11) is 0. The van der Waals surface area contributed by atoms with Gasteiger partial charge in [0, 0.05) is 5.92 Å². The minimum absolute atomic E-state index is 0.175. The molecule has 2 nitrogen and oxygen atoms in total. The van der Waals surface area contributed by atoms with E-state index in [9.17, 15) is 18.3 Å². The zero-order chi connectivity index (χ0) is 14.1. The number of thiophene rings is 1. The molecule has 0 radical (unpaired) electrons. The Kier molecular flexibility index (Phi) is 3.88. The van der Waals surface area contributed by atoms with Crippen molar-refractivity contribution in [3.63, 3.8) is 0 Å². The SMILES string of the molecule is N#Cc1cc(C[C@@H]2CCCC[C@]2(O)C(F)(F)F)cs1. The summed E-state index contributed by atoms with van der Waals surface area (Å²) in [5.41, 5.74) is -1.88. The lowest BCUT2D eigenvalue weighted by molar-refractivity contribution is -0.288. The largest absolute Gasteiger partial charge is 0.417 e. The summed E-state index contributed by atoms with van der Waals surface area (Å²) >= 11 is 1.22. The Morgan fingerprint density at radius 1 is 1.47 bits per heavy atom. The normalized spacial score (nSPS) is 28.1. The number of rotatable bonds is 2. The third kappa shape index (κ3) is 2.77. The van der Waals surface area contributed by atoms with E-state index >= 15 is 0 Å². The van der Waals surface area contributed by atoms with Crippen molar-refractivity contribution in [1.82, 2.24) is 0 Å². The molecule has 1 aliphatic rings. The van der Waals surface area contributed by atoms with Gasteiger partial charge in [0.05, 0.1) is 0 Å². The summed E-state index contributed by atoms with van der Waals surface area (Å²) in [6, 6.07) is 3.58. The van der Waals surface area contributed by atoms with Crippen LogP contribution in [0, 0.1) is 17.2 Å². The van der Waals surface area contributed by atoms with Crippen molar-refractivity contribution in [2.75, 3.05) is 0 Å². The number of hydrogen-bond donors (Lipinski definition) is 1. The van der Waals surface area contributed by atoms with E-state index in [0.29, 0.717) is 29.7 Å². The lowest BCUT2D eigenvalue weighted by atomic mass is 9.72. The minimum Gasteiger partial charge on any atom is -0.380 e. The molecule has 1 aliphatic carbocycles. The fourth-order valence-corrected chi connectivity index (χ4v) is 3.41. The van der Waals surface area contributed by atoms with Crippen LogP contribution in [0.25, 0.3) is 0 Å². The van der Waals surface area contributed by atoms with Gasteiger partial charge in [-0.05, 0) is 36.3 Å². The Balaban J connectivity index is 2.19. The molecule has 1 fully saturated rings. The highest BCUT2D eigenvalue weighted by atomic mass is 32.1. The van der Waals surface area contributed by atoms with Gasteiger partial charge in [-0.25, -0.2) is 0 Å². The van der Waals surface area contributed by atoms with Crippen molar-refractivity contribution in [2.24, 2.45) is 5.92 Å². The van der Waals surface area contributed by atoms with Crippen molar-refractivity contribution in [2.45, 2.75) is 43.9 Å². The van der Waals surface area contributed by atoms with Gasteiger partial charge in [0.25, 0.3) is 0 Å². The van der Waals surface area contributed by atoms with Crippen LogP contribution < -0.4 is 0 Å². The molecule has 2 rings (SSSR count). The molecule has 1 aromatic heterocycles. The zero-order valence-electron chi connectivity index (χ0n) is 10.2. The lowest BCUT2D eigenvalue weighted by Gasteiger charge is -2.41. The van der Waals surface area contributed by atoms with Crippen LogP contribution in [0.5, 0.6) is 0 Å². The molecule has 0 aromatic carbocycles. The quantitative estimate of drug-likeness (QED) is 0.903. The van der Waals surface area contributed by atoms with Gasteiger partial charge in [0.2, 0.25) is 0 Å². The van der Waals surface area contributed by atoms with E-state index in [1.165, 1.54) is 11.3 Å². The molecular formula is C13H14F3NOS. The van der Waals surface area contributed by atoms with Crippen molar-refractivity contribution in [1.29, 1.82) is 5.26 Å². The maximum atomic E-state index is 13.1. The van der Waals surface area contributed by atoms with Crippen LogP contribution in [0.3, 0.4) is 0 Å². The van der Waals surface area contributed by atoms with Gasteiger partial charge in [-0.3, -0.25) is 0 Å². The lowest BCUT2D eigenvalue weighted by Crippen LogP contribution is -2.53. The van der Waals surface area contributed by atoms with Crippen molar-refractivity contribution < 1.29 is 18.3 Å². The van der Waals surface area contributed by atoms with Crippen molar-refractivity contribution >= 4 is 11.3 Å². The van der Waals surface area contributed by atoms with E-state index in [4.69, 9.17) is 5.26 Å². The monoisotopic (exact) mass is 289 g/mol. The Labute approximate surface area is 113 Å². The average molecular weight is 289 g/mol. The predicted molar refractivity (Wildman–Crippen MR) is 65.7 cm³/mol. The first-order valence-electron chi connectivity index (χ1n) is 6.13. The van der Waals surface area contributed by atoms with Crippen LogP contribution in [-0.4, -0.2) is 16.9 Å². The van der Waals surface area contributed by atoms with Gasteiger partial charge < -0.3 is 5.11 Å². The molecule has 0 unspecified atom stereocenters. The van der Waals surface area contributed by atoms with Gasteiger partial charge in [-0.1, -0.05) is 12.8 Å². The molecule has 0 saturated heterocycles. The summed E-state index contributed by atoms with van der Waals surface area (Å²) < 4.78 is 39.2. The highest BCUT2D eigenvalue weighted by molar-refractivity contribution is 7.10. The van der Waals surface area contributed by atoms with Gasteiger partial charge >= 0.3 is 6.18 Å². The van der Waals surface area contributed by atoms with E-state index in [1.54, 1.807) is 11.4 Å². The summed E-state index contributed by atoms with van der Waals surface area (Å²) in [6.45, 7) is 0. The second kappa shape index (κ2) is 5.14. The van der Waals surface area contributed by atoms with E-state index in [0.717, 1.165) is 0 Å². The Morgan fingerprint density at radius 2 is 2.21 bits per heavy atom. The smallest absolute Gasteiger partial charge is 0.380 e. The molecule has 1 heterocycles. The molecule has 2 atom stereocenters. The fraction of sp³-hybridized carbons (Fsp3) is 0.615. The van der Waals surface area contributed by atoms with E-state index < -0.39 is 17.7 Å². The molecular weight excluding hydrogens is 275 g/mol. The van der Waals surface area contributed by atoms with Gasteiger partial charge in [0.15, 0.2) is 5.60 Å². The first-order chi connectivity index (χ1) is 8.87. The van der Waals surface area contributed by atoms with Crippen LogP contribution in [0.2, 0.25) is 0 Å². The maximum absolute atomic E-state index is 13.1. The van der Waals surface area contributed by atoms with Crippen LogP contribution in [0.4, 0.5) is 13.2 Å². The number of nitriles is 1. The molecule has 104 valence electrons. The molecule has 0 amide bonds. The van der Waals surface area contributed by atoms with Gasteiger partial charge in [-0.15, -0.1) is 11.3 Å². The molecule has 0 bridgehead atoms. The Hall–Kier alpha value is -1.06. The van der Waals surface area contributed by atoms with Gasteiger partial charge in [-0.2, -0.15) is 18.4 Å². The highest BCUT2D eigenvalue weighted by Crippen LogP contribution is 2.46. The topological polar surface area (TPSA) is 44.0 Å². The number of halogens is 3. The second-order valence-electron chi connectivity index (χ2n) is 5.00. The summed E-state index contributed by atoms with van der Waals surface area (Å²) in [4.78, 5) is 0.487. The van der Waals surface area contributed by atoms with Crippen molar-refractivity contribution in [3.05, 3.63) is 21.9 Å². The Bertz CT molecular complexity index is 491. The number of aliphatic hydroxyl groups is 1. The summed E-state index contributed by atoms with van der Waals surface area (Å²) in [5, 5.41) is 20.4. The molecule has 0 aliphatic heterocycles. The fourth-order valence-electron chi connectivity index (χ4n) is 2.70. The first kappa shape index (κ1) is 14.4. The average Bonchev–Trinajstić information content (AvgIpc) is 2.78. The van der Waals surface area contributed by atoms with Gasteiger partial charge in [0.1, 0.15) is 10.9 Å². The summed E-state index contributed by atoms with van der Waals surface area (Å²) in [5.74, 6) is -0.817. The maximum Gasteiger partial charge on any atom is 0.417 e. The standard InChI is InChI=1S/C13H14F3NOS/c14-13(15,16)12(18)4-2-1-3-10(12)5-9-6-11(7-17)19-8-9/h6,8,10,18H,1-5H2/t10-,12+/m0/s1.